The summed E-state index contributed by atoms with van der Waals surface area (Å²) >= 11 is 0. The Bertz CT molecular complexity index is 360. The first kappa shape index (κ1) is 11.1. The van der Waals surface area contributed by atoms with E-state index < -0.39 is 5.54 Å². The van der Waals surface area contributed by atoms with E-state index in [0.29, 0.717) is 0 Å². The van der Waals surface area contributed by atoms with Gasteiger partial charge in [0.25, 0.3) is 0 Å². The fourth-order valence-corrected chi connectivity index (χ4v) is 2.12. The number of primary amides is 1. The molecule has 1 fully saturated rings. The number of pyridine rings is 1. The van der Waals surface area contributed by atoms with Gasteiger partial charge in [0.1, 0.15) is 0 Å². The number of rotatable bonds is 5. The molecule has 2 heterocycles. The van der Waals surface area contributed by atoms with Gasteiger partial charge in [-0.25, -0.2) is 0 Å². The van der Waals surface area contributed by atoms with Gasteiger partial charge in [-0.1, -0.05) is 0 Å². The number of amides is 1. The number of nitrogens with zero attached hydrogens (tertiary/aromatic N) is 1. The van der Waals surface area contributed by atoms with E-state index in [1.165, 1.54) is 5.56 Å². The topological polar surface area (TPSA) is 68.0 Å². The van der Waals surface area contributed by atoms with E-state index in [1.54, 1.807) is 12.4 Å². The SMILES string of the molecule is NC(=O)[C@]1(CCCc2ccncc2)CCN1. The summed E-state index contributed by atoms with van der Waals surface area (Å²) in [5.41, 5.74) is 6.24. The Morgan fingerprint density at radius 3 is 2.69 bits per heavy atom. The minimum absolute atomic E-state index is 0.214. The molecule has 1 saturated heterocycles. The van der Waals surface area contributed by atoms with E-state index in [9.17, 15) is 4.79 Å². The van der Waals surface area contributed by atoms with Crippen LogP contribution in [0.1, 0.15) is 24.8 Å². The molecule has 1 amide bonds. The van der Waals surface area contributed by atoms with Gasteiger partial charge in [-0.15, -0.1) is 0 Å². The van der Waals surface area contributed by atoms with Crippen LogP contribution in [0.5, 0.6) is 0 Å². The quantitative estimate of drug-likeness (QED) is 0.763. The Morgan fingerprint density at radius 2 is 2.19 bits per heavy atom. The zero-order valence-electron chi connectivity index (χ0n) is 9.28. The summed E-state index contributed by atoms with van der Waals surface area (Å²) in [4.78, 5) is 15.3. The number of hydrogen-bond acceptors (Lipinski definition) is 3. The first-order chi connectivity index (χ1) is 7.73. The van der Waals surface area contributed by atoms with Crippen LogP contribution in [0.3, 0.4) is 0 Å². The van der Waals surface area contributed by atoms with E-state index >= 15 is 0 Å². The zero-order chi connectivity index (χ0) is 11.4. The van der Waals surface area contributed by atoms with Crippen LogP contribution in [-0.2, 0) is 11.2 Å². The van der Waals surface area contributed by atoms with Crippen molar-refractivity contribution in [2.75, 3.05) is 6.54 Å². The molecule has 2 rings (SSSR count). The van der Waals surface area contributed by atoms with Crippen LogP contribution in [0, 0.1) is 0 Å². The molecule has 4 heteroatoms. The highest BCUT2D eigenvalue weighted by molar-refractivity contribution is 5.85. The highest BCUT2D eigenvalue weighted by Crippen LogP contribution is 2.24. The lowest BCUT2D eigenvalue weighted by Gasteiger charge is -2.40. The minimum Gasteiger partial charge on any atom is -0.368 e. The van der Waals surface area contributed by atoms with Crippen LogP contribution in [0.25, 0.3) is 0 Å². The molecule has 1 aliphatic rings. The average Bonchev–Trinajstić information content (AvgIpc) is 2.23. The lowest BCUT2D eigenvalue weighted by molar-refractivity contribution is -0.127. The molecule has 4 nitrogen and oxygen atoms in total. The lowest BCUT2D eigenvalue weighted by atomic mass is 9.82. The van der Waals surface area contributed by atoms with Crippen LogP contribution in [-0.4, -0.2) is 23.0 Å². The fraction of sp³-hybridized carbons (Fsp3) is 0.500. The first-order valence-electron chi connectivity index (χ1n) is 5.67. The molecule has 1 aromatic heterocycles. The largest absolute Gasteiger partial charge is 0.368 e. The number of nitrogens with two attached hydrogens (primary N) is 1. The predicted molar refractivity (Wildman–Crippen MR) is 61.7 cm³/mol. The standard InChI is InChI=1S/C12H17N3O/c13-11(16)12(6-9-15-12)5-1-2-10-3-7-14-8-4-10/h3-4,7-8,15H,1-2,5-6,9H2,(H2,13,16)/t12-/m0/s1. The molecular weight excluding hydrogens is 202 g/mol. The predicted octanol–water partition coefficient (Wildman–Crippen LogP) is 0.622. The third kappa shape index (κ3) is 2.22. The number of carbonyl (C=O) groups is 1. The number of hydrogen-bond donors (Lipinski definition) is 2. The Hall–Kier alpha value is -1.42. The molecule has 3 N–H and O–H groups in total. The van der Waals surface area contributed by atoms with Crippen molar-refractivity contribution in [3.05, 3.63) is 30.1 Å². The Kier molecular flexibility index (Phi) is 3.19. The zero-order valence-corrected chi connectivity index (χ0v) is 9.28. The summed E-state index contributed by atoms with van der Waals surface area (Å²) in [6, 6.07) is 4.01. The van der Waals surface area contributed by atoms with E-state index in [4.69, 9.17) is 5.73 Å². The van der Waals surface area contributed by atoms with Crippen molar-refractivity contribution in [1.29, 1.82) is 0 Å². The number of nitrogens with one attached hydrogen (secondary N) is 1. The molecule has 0 unspecified atom stereocenters. The molecule has 0 aromatic carbocycles. The fourth-order valence-electron chi connectivity index (χ4n) is 2.12. The van der Waals surface area contributed by atoms with Crippen molar-refractivity contribution in [1.82, 2.24) is 10.3 Å². The molecule has 1 atom stereocenters. The molecule has 0 spiro atoms. The maximum Gasteiger partial charge on any atom is 0.237 e. The molecule has 1 aromatic rings. The number of aryl methyl sites for hydroxylation is 1. The molecule has 0 bridgehead atoms. The Labute approximate surface area is 95.3 Å². The van der Waals surface area contributed by atoms with E-state index in [2.05, 4.69) is 10.3 Å². The normalized spacial score (nSPS) is 23.8. The lowest BCUT2D eigenvalue weighted by Crippen LogP contribution is -2.64. The summed E-state index contributed by atoms with van der Waals surface area (Å²) in [5, 5.41) is 3.16. The molecule has 0 aliphatic carbocycles. The van der Waals surface area contributed by atoms with Gasteiger partial charge in [-0.2, -0.15) is 0 Å². The second kappa shape index (κ2) is 4.61. The minimum atomic E-state index is -0.424. The van der Waals surface area contributed by atoms with Crippen molar-refractivity contribution >= 4 is 5.91 Å². The van der Waals surface area contributed by atoms with Gasteiger partial charge in [0.2, 0.25) is 5.91 Å². The smallest absolute Gasteiger partial charge is 0.237 e. The van der Waals surface area contributed by atoms with Crippen molar-refractivity contribution < 1.29 is 4.79 Å². The van der Waals surface area contributed by atoms with Crippen molar-refractivity contribution in [3.63, 3.8) is 0 Å². The summed E-state index contributed by atoms with van der Waals surface area (Å²) in [6.07, 6.45) is 7.23. The van der Waals surface area contributed by atoms with Crippen LogP contribution < -0.4 is 11.1 Å². The van der Waals surface area contributed by atoms with Crippen molar-refractivity contribution in [3.8, 4) is 0 Å². The van der Waals surface area contributed by atoms with Gasteiger partial charge < -0.3 is 11.1 Å². The average molecular weight is 219 g/mol. The summed E-state index contributed by atoms with van der Waals surface area (Å²) in [6.45, 7) is 0.901. The maximum absolute atomic E-state index is 11.3. The number of aromatic nitrogens is 1. The number of carbonyl (C=O) groups excluding carboxylic acids is 1. The Balaban J connectivity index is 1.82. The summed E-state index contributed by atoms with van der Waals surface area (Å²) < 4.78 is 0. The van der Waals surface area contributed by atoms with E-state index in [-0.39, 0.29) is 5.91 Å². The maximum atomic E-state index is 11.3. The van der Waals surface area contributed by atoms with Crippen molar-refractivity contribution in [2.45, 2.75) is 31.2 Å². The molecule has 16 heavy (non-hydrogen) atoms. The molecule has 86 valence electrons. The first-order valence-corrected chi connectivity index (χ1v) is 5.67. The van der Waals surface area contributed by atoms with Gasteiger partial charge in [0.05, 0.1) is 5.54 Å². The van der Waals surface area contributed by atoms with Crippen molar-refractivity contribution in [2.24, 2.45) is 5.73 Å². The van der Waals surface area contributed by atoms with Crippen LogP contribution >= 0.6 is 0 Å². The van der Waals surface area contributed by atoms with Crippen LogP contribution in [0.4, 0.5) is 0 Å². The summed E-state index contributed by atoms with van der Waals surface area (Å²) in [7, 11) is 0. The van der Waals surface area contributed by atoms with Gasteiger partial charge >= 0.3 is 0 Å². The third-order valence-electron chi connectivity index (χ3n) is 3.31. The highest BCUT2D eigenvalue weighted by atomic mass is 16.1. The van der Waals surface area contributed by atoms with Gasteiger partial charge in [-0.3, -0.25) is 9.78 Å². The van der Waals surface area contributed by atoms with Gasteiger partial charge in [0, 0.05) is 12.4 Å². The van der Waals surface area contributed by atoms with E-state index in [0.717, 1.165) is 32.2 Å². The highest BCUT2D eigenvalue weighted by Gasteiger charge is 2.41. The molecular formula is C12H17N3O. The van der Waals surface area contributed by atoms with Crippen LogP contribution in [0.2, 0.25) is 0 Å². The summed E-state index contributed by atoms with van der Waals surface area (Å²) in [5.74, 6) is -0.214. The monoisotopic (exact) mass is 219 g/mol. The molecule has 1 aliphatic heterocycles. The Morgan fingerprint density at radius 1 is 1.50 bits per heavy atom. The van der Waals surface area contributed by atoms with Crippen LogP contribution in [0.15, 0.2) is 24.5 Å². The van der Waals surface area contributed by atoms with E-state index in [1.807, 2.05) is 12.1 Å². The second-order valence-corrected chi connectivity index (χ2v) is 4.33. The molecule has 0 radical (unpaired) electrons. The van der Waals surface area contributed by atoms with Gasteiger partial charge in [-0.05, 0) is 49.9 Å². The third-order valence-corrected chi connectivity index (χ3v) is 3.31. The second-order valence-electron chi connectivity index (χ2n) is 4.33. The van der Waals surface area contributed by atoms with Gasteiger partial charge in [0.15, 0.2) is 0 Å². The molecule has 0 saturated carbocycles.